The number of hydrogen-bond acceptors (Lipinski definition) is 4. The van der Waals surface area contributed by atoms with Crippen molar-refractivity contribution in [1.82, 2.24) is 10.6 Å². The number of rotatable bonds is 3. The van der Waals surface area contributed by atoms with Gasteiger partial charge in [0.05, 0.1) is 6.04 Å². The molecule has 96 valence electrons. The second-order valence-corrected chi connectivity index (χ2v) is 4.15. The number of piperazine rings is 1. The third kappa shape index (κ3) is 3.06. The molecule has 1 heterocycles. The van der Waals surface area contributed by atoms with Crippen molar-refractivity contribution in [3.63, 3.8) is 0 Å². The lowest BCUT2D eigenvalue weighted by Crippen LogP contribution is -2.54. The first kappa shape index (κ1) is 12.5. The molecule has 1 aromatic carbocycles. The van der Waals surface area contributed by atoms with Crippen LogP contribution in [0.3, 0.4) is 0 Å². The van der Waals surface area contributed by atoms with E-state index < -0.39 is 5.91 Å². The topological polar surface area (TPSA) is 96.2 Å². The molecular weight excluding hydrogens is 232 g/mol. The minimum absolute atomic E-state index is 0.121. The monoisotopic (exact) mass is 248 g/mol. The highest BCUT2D eigenvalue weighted by atomic mass is 16.2. The first-order valence-electron chi connectivity index (χ1n) is 5.81. The predicted molar refractivity (Wildman–Crippen MR) is 68.3 cm³/mol. The Balaban J connectivity index is 2.02. The molecule has 1 unspecified atom stereocenters. The Morgan fingerprint density at radius 2 is 2.17 bits per heavy atom. The maximum absolute atomic E-state index is 11.9. The smallest absolute Gasteiger partial charge is 0.248 e. The van der Waals surface area contributed by atoms with Crippen molar-refractivity contribution >= 4 is 17.5 Å². The van der Waals surface area contributed by atoms with Gasteiger partial charge in [-0.05, 0) is 18.2 Å². The maximum atomic E-state index is 11.9. The molecule has 2 rings (SSSR count). The van der Waals surface area contributed by atoms with Gasteiger partial charge in [-0.2, -0.15) is 0 Å². The van der Waals surface area contributed by atoms with Crippen LogP contribution in [0.25, 0.3) is 0 Å². The summed E-state index contributed by atoms with van der Waals surface area (Å²) < 4.78 is 0. The minimum atomic E-state index is -0.511. The molecule has 1 aromatic rings. The maximum Gasteiger partial charge on any atom is 0.248 e. The van der Waals surface area contributed by atoms with Crippen molar-refractivity contribution in [2.24, 2.45) is 5.73 Å². The fourth-order valence-corrected chi connectivity index (χ4v) is 1.82. The van der Waals surface area contributed by atoms with E-state index in [0.29, 0.717) is 17.8 Å². The molecule has 0 saturated carbocycles. The molecule has 6 heteroatoms. The summed E-state index contributed by atoms with van der Waals surface area (Å²) in [6.07, 6.45) is 0. The number of carbonyl (C=O) groups is 2. The molecule has 1 fully saturated rings. The largest absolute Gasteiger partial charge is 0.366 e. The molecular formula is C12H16N4O2. The summed E-state index contributed by atoms with van der Waals surface area (Å²) >= 11 is 0. The molecule has 18 heavy (non-hydrogen) atoms. The number of benzene rings is 1. The van der Waals surface area contributed by atoms with E-state index in [4.69, 9.17) is 5.73 Å². The molecule has 1 saturated heterocycles. The number of amides is 2. The van der Waals surface area contributed by atoms with Gasteiger partial charge in [-0.15, -0.1) is 0 Å². The van der Waals surface area contributed by atoms with E-state index in [-0.39, 0.29) is 11.9 Å². The van der Waals surface area contributed by atoms with E-state index in [0.717, 1.165) is 13.1 Å². The van der Waals surface area contributed by atoms with Crippen LogP contribution in [0.4, 0.5) is 5.69 Å². The van der Waals surface area contributed by atoms with Crippen LogP contribution >= 0.6 is 0 Å². The highest BCUT2D eigenvalue weighted by molar-refractivity contribution is 5.98. The van der Waals surface area contributed by atoms with Crippen molar-refractivity contribution in [2.45, 2.75) is 6.04 Å². The quantitative estimate of drug-likeness (QED) is 0.568. The fraction of sp³-hybridized carbons (Fsp3) is 0.333. The van der Waals surface area contributed by atoms with Crippen LogP contribution in [0.15, 0.2) is 24.3 Å². The van der Waals surface area contributed by atoms with E-state index in [1.54, 1.807) is 24.3 Å². The van der Waals surface area contributed by atoms with Gasteiger partial charge in [0, 0.05) is 30.9 Å². The van der Waals surface area contributed by atoms with Crippen LogP contribution in [0.1, 0.15) is 10.4 Å². The Labute approximate surface area is 105 Å². The van der Waals surface area contributed by atoms with Gasteiger partial charge >= 0.3 is 0 Å². The summed E-state index contributed by atoms with van der Waals surface area (Å²) in [6, 6.07) is 6.33. The van der Waals surface area contributed by atoms with Gasteiger partial charge in [-0.3, -0.25) is 9.59 Å². The Kier molecular flexibility index (Phi) is 3.91. The van der Waals surface area contributed by atoms with Crippen molar-refractivity contribution in [1.29, 1.82) is 0 Å². The van der Waals surface area contributed by atoms with Crippen LogP contribution in [-0.2, 0) is 4.79 Å². The summed E-state index contributed by atoms with van der Waals surface area (Å²) in [5.41, 5.74) is 6.13. The molecule has 0 aliphatic carbocycles. The van der Waals surface area contributed by atoms with Gasteiger partial charge in [0.1, 0.15) is 0 Å². The number of hydrogen-bond donors (Lipinski definition) is 4. The zero-order valence-corrected chi connectivity index (χ0v) is 9.90. The summed E-state index contributed by atoms with van der Waals surface area (Å²) in [5, 5.41) is 9.00. The second-order valence-electron chi connectivity index (χ2n) is 4.15. The van der Waals surface area contributed by atoms with Gasteiger partial charge in [0.2, 0.25) is 11.8 Å². The molecule has 2 amide bonds. The average Bonchev–Trinajstić information content (AvgIpc) is 2.40. The van der Waals surface area contributed by atoms with E-state index in [1.165, 1.54) is 0 Å². The average molecular weight is 248 g/mol. The number of nitrogens with one attached hydrogen (secondary N) is 3. The van der Waals surface area contributed by atoms with E-state index in [1.807, 2.05) is 0 Å². The van der Waals surface area contributed by atoms with Crippen molar-refractivity contribution in [3.05, 3.63) is 29.8 Å². The van der Waals surface area contributed by atoms with E-state index >= 15 is 0 Å². The molecule has 6 nitrogen and oxygen atoms in total. The first-order valence-corrected chi connectivity index (χ1v) is 5.81. The second kappa shape index (κ2) is 5.61. The highest BCUT2D eigenvalue weighted by Crippen LogP contribution is 2.10. The Bertz CT molecular complexity index is 455. The first-order chi connectivity index (χ1) is 8.66. The van der Waals surface area contributed by atoms with Crippen LogP contribution in [0.2, 0.25) is 0 Å². The molecule has 1 atom stereocenters. The molecule has 1 aliphatic rings. The zero-order chi connectivity index (χ0) is 13.0. The standard InChI is InChI=1S/C12H16N4O2/c13-11(17)8-2-1-3-9(6-8)16-12(18)10-7-14-4-5-15-10/h1-3,6,10,14-15H,4-5,7H2,(H2,13,17)(H,16,18). The van der Waals surface area contributed by atoms with Gasteiger partial charge < -0.3 is 21.7 Å². The fourth-order valence-electron chi connectivity index (χ4n) is 1.82. The van der Waals surface area contributed by atoms with Crippen molar-refractivity contribution in [2.75, 3.05) is 25.0 Å². The Morgan fingerprint density at radius 1 is 1.33 bits per heavy atom. The van der Waals surface area contributed by atoms with Crippen LogP contribution in [-0.4, -0.2) is 37.5 Å². The zero-order valence-electron chi connectivity index (χ0n) is 9.90. The third-order valence-corrected chi connectivity index (χ3v) is 2.77. The summed E-state index contributed by atoms with van der Waals surface area (Å²) in [6.45, 7) is 2.22. The lowest BCUT2D eigenvalue weighted by atomic mass is 10.1. The van der Waals surface area contributed by atoms with Gasteiger partial charge in [0.25, 0.3) is 0 Å². The number of carbonyl (C=O) groups excluding carboxylic acids is 2. The molecule has 0 radical (unpaired) electrons. The number of nitrogens with two attached hydrogens (primary N) is 1. The number of primary amides is 1. The van der Waals surface area contributed by atoms with Gasteiger partial charge in [0.15, 0.2) is 0 Å². The molecule has 5 N–H and O–H groups in total. The van der Waals surface area contributed by atoms with Gasteiger partial charge in [-0.1, -0.05) is 6.07 Å². The van der Waals surface area contributed by atoms with Crippen molar-refractivity contribution < 1.29 is 9.59 Å². The van der Waals surface area contributed by atoms with Crippen molar-refractivity contribution in [3.8, 4) is 0 Å². The molecule has 0 aromatic heterocycles. The van der Waals surface area contributed by atoms with E-state index in [9.17, 15) is 9.59 Å². The molecule has 1 aliphatic heterocycles. The number of anilines is 1. The Morgan fingerprint density at radius 3 is 2.83 bits per heavy atom. The summed E-state index contributed by atoms with van der Waals surface area (Å²) in [5.74, 6) is -0.632. The predicted octanol–water partition coefficient (Wildman–Crippen LogP) is -0.715. The van der Waals surface area contributed by atoms with Crippen LogP contribution in [0, 0.1) is 0 Å². The van der Waals surface area contributed by atoms with E-state index in [2.05, 4.69) is 16.0 Å². The van der Waals surface area contributed by atoms with Crippen LogP contribution in [0.5, 0.6) is 0 Å². The van der Waals surface area contributed by atoms with Crippen LogP contribution < -0.4 is 21.7 Å². The minimum Gasteiger partial charge on any atom is -0.366 e. The highest BCUT2D eigenvalue weighted by Gasteiger charge is 2.20. The normalized spacial score (nSPS) is 19.2. The summed E-state index contributed by atoms with van der Waals surface area (Å²) in [4.78, 5) is 22.9. The van der Waals surface area contributed by atoms with Gasteiger partial charge in [-0.25, -0.2) is 0 Å². The molecule has 0 spiro atoms. The third-order valence-electron chi connectivity index (χ3n) is 2.77. The Hall–Kier alpha value is -1.92. The molecule has 0 bridgehead atoms. The SMILES string of the molecule is NC(=O)c1cccc(NC(=O)C2CNCCN2)c1. The lowest BCUT2D eigenvalue weighted by molar-refractivity contribution is -0.118. The lowest BCUT2D eigenvalue weighted by Gasteiger charge is -2.23. The summed E-state index contributed by atoms with van der Waals surface area (Å²) in [7, 11) is 0.